The Balaban J connectivity index is 1.37. The number of phenols is 1. The van der Waals surface area contributed by atoms with Crippen molar-refractivity contribution >= 4 is 29.5 Å². The zero-order chi connectivity index (χ0) is 26.6. The van der Waals surface area contributed by atoms with Crippen molar-refractivity contribution in [2.45, 2.75) is 39.2 Å². The second-order valence-corrected chi connectivity index (χ2v) is 10.5. The molecule has 3 N–H and O–H groups in total. The van der Waals surface area contributed by atoms with Gasteiger partial charge >= 0.3 is 6.03 Å². The van der Waals surface area contributed by atoms with E-state index in [0.717, 1.165) is 24.8 Å². The Morgan fingerprint density at radius 2 is 1.65 bits per heavy atom. The number of phenolic OH excluding ortho intramolecular Hbond substituents is 1. The van der Waals surface area contributed by atoms with E-state index < -0.39 is 17.5 Å². The van der Waals surface area contributed by atoms with Gasteiger partial charge in [-0.2, -0.15) is 5.10 Å². The fourth-order valence-electron chi connectivity index (χ4n) is 4.34. The van der Waals surface area contributed by atoms with Gasteiger partial charge in [0.1, 0.15) is 0 Å². The number of hydrogen-bond acceptors (Lipinski definition) is 6. The molecule has 2 aliphatic heterocycles. The molecule has 0 bridgehead atoms. The van der Waals surface area contributed by atoms with E-state index in [0.29, 0.717) is 31.9 Å². The number of anilines is 2. The topological polar surface area (TPSA) is 101 Å². The van der Waals surface area contributed by atoms with Crippen molar-refractivity contribution in [3.8, 4) is 5.75 Å². The van der Waals surface area contributed by atoms with E-state index in [9.17, 15) is 19.1 Å². The van der Waals surface area contributed by atoms with Crippen molar-refractivity contribution in [2.24, 2.45) is 5.10 Å². The summed E-state index contributed by atoms with van der Waals surface area (Å²) < 4.78 is 14.4. The van der Waals surface area contributed by atoms with Crippen LogP contribution >= 0.6 is 0 Å². The summed E-state index contributed by atoms with van der Waals surface area (Å²) in [5.74, 6) is -1.96. The second kappa shape index (κ2) is 11.1. The third kappa shape index (κ3) is 6.90. The molecule has 2 heterocycles. The van der Waals surface area contributed by atoms with Crippen molar-refractivity contribution in [2.75, 3.05) is 49.5 Å². The summed E-state index contributed by atoms with van der Waals surface area (Å²) in [5.41, 5.74) is 1.57. The molecule has 10 heteroatoms. The van der Waals surface area contributed by atoms with Crippen LogP contribution in [0.25, 0.3) is 0 Å². The fourth-order valence-corrected chi connectivity index (χ4v) is 4.34. The Morgan fingerprint density at radius 1 is 1.00 bits per heavy atom. The average Bonchev–Trinajstić information content (AvgIpc) is 3.39. The maximum absolute atomic E-state index is 14.4. The Labute approximate surface area is 216 Å². The number of rotatable bonds is 5. The van der Waals surface area contributed by atoms with E-state index >= 15 is 0 Å². The number of piperazine rings is 1. The highest BCUT2D eigenvalue weighted by molar-refractivity contribution is 6.05. The van der Waals surface area contributed by atoms with Crippen LogP contribution in [0, 0.1) is 5.82 Å². The number of carbonyl (C=O) groups excluding carboxylic acids is 2. The number of hydrogen-bond donors (Lipinski definition) is 3. The molecule has 2 aromatic carbocycles. The monoisotopic (exact) mass is 510 g/mol. The van der Waals surface area contributed by atoms with E-state index in [1.807, 2.05) is 45.0 Å². The third-order valence-electron chi connectivity index (χ3n) is 6.34. The molecule has 4 rings (SSSR count). The Kier molecular flexibility index (Phi) is 7.85. The molecular formula is C27H35FN6O3. The minimum atomic E-state index is -0.901. The summed E-state index contributed by atoms with van der Waals surface area (Å²) in [4.78, 5) is 29.2. The van der Waals surface area contributed by atoms with Gasteiger partial charge in [-0.15, -0.1) is 0 Å². The predicted octanol–water partition coefficient (Wildman–Crippen LogP) is 3.84. The van der Waals surface area contributed by atoms with E-state index in [1.165, 1.54) is 25.1 Å². The van der Waals surface area contributed by atoms with Crippen molar-refractivity contribution in [1.82, 2.24) is 15.2 Å². The standard InChI is InChI=1S/C27H35FN6O3/c1-27(2,3)31-26(37)33-12-14-34(15-13-33)29-18-20-16-19(17-23(28)24(20)35)25(36)30-21-6-8-22(9-7-21)32-10-4-5-11-32/h6-9,16-18,35H,4-5,10-15H2,1-3H3,(H,30,36)(H,31,37). The highest BCUT2D eigenvalue weighted by Crippen LogP contribution is 2.25. The number of aromatic hydroxyl groups is 1. The molecule has 2 aromatic rings. The molecule has 37 heavy (non-hydrogen) atoms. The van der Waals surface area contributed by atoms with Gasteiger partial charge in [0, 0.05) is 54.2 Å². The van der Waals surface area contributed by atoms with Crippen LogP contribution in [0.1, 0.15) is 49.5 Å². The third-order valence-corrected chi connectivity index (χ3v) is 6.34. The van der Waals surface area contributed by atoms with Gasteiger partial charge in [-0.25, -0.2) is 9.18 Å². The molecule has 0 radical (unpaired) electrons. The number of carbonyl (C=O) groups is 2. The number of benzene rings is 2. The lowest BCUT2D eigenvalue weighted by Crippen LogP contribution is -2.54. The van der Waals surface area contributed by atoms with Crippen LogP contribution in [-0.2, 0) is 0 Å². The Bertz CT molecular complexity index is 1150. The molecule has 0 aliphatic carbocycles. The van der Waals surface area contributed by atoms with Gasteiger partial charge in [0.05, 0.1) is 19.3 Å². The molecule has 2 saturated heterocycles. The normalized spacial score (nSPS) is 16.4. The largest absolute Gasteiger partial charge is 0.504 e. The highest BCUT2D eigenvalue weighted by atomic mass is 19.1. The molecule has 9 nitrogen and oxygen atoms in total. The molecule has 0 aromatic heterocycles. The van der Waals surface area contributed by atoms with Crippen LogP contribution in [0.3, 0.4) is 0 Å². The fraction of sp³-hybridized carbons (Fsp3) is 0.444. The minimum absolute atomic E-state index is 0.0732. The van der Waals surface area contributed by atoms with Crippen molar-refractivity contribution in [1.29, 1.82) is 0 Å². The van der Waals surface area contributed by atoms with Gasteiger partial charge in [0.15, 0.2) is 11.6 Å². The Morgan fingerprint density at radius 3 is 2.27 bits per heavy atom. The second-order valence-electron chi connectivity index (χ2n) is 10.5. The summed E-state index contributed by atoms with van der Waals surface area (Å²) in [5, 5.41) is 22.0. The summed E-state index contributed by atoms with van der Waals surface area (Å²) >= 11 is 0. The maximum atomic E-state index is 14.4. The number of nitrogens with one attached hydrogen (secondary N) is 2. The molecule has 0 spiro atoms. The molecule has 198 valence electrons. The van der Waals surface area contributed by atoms with E-state index in [1.54, 1.807) is 9.91 Å². The quantitative estimate of drug-likeness (QED) is 0.531. The van der Waals surface area contributed by atoms with Gasteiger partial charge < -0.3 is 25.5 Å². The van der Waals surface area contributed by atoms with Gasteiger partial charge in [-0.1, -0.05) is 0 Å². The lowest BCUT2D eigenvalue weighted by atomic mass is 10.1. The molecule has 0 saturated carbocycles. The van der Waals surface area contributed by atoms with Gasteiger partial charge in [-0.05, 0) is 70.0 Å². The Hall–Kier alpha value is -3.82. The number of urea groups is 1. The van der Waals surface area contributed by atoms with Crippen molar-refractivity contribution < 1.29 is 19.1 Å². The first-order valence-corrected chi connectivity index (χ1v) is 12.6. The van der Waals surface area contributed by atoms with Crippen LogP contribution in [0.15, 0.2) is 41.5 Å². The zero-order valence-corrected chi connectivity index (χ0v) is 21.6. The zero-order valence-electron chi connectivity index (χ0n) is 21.6. The maximum Gasteiger partial charge on any atom is 0.317 e. The first kappa shape index (κ1) is 26.2. The molecular weight excluding hydrogens is 475 g/mol. The minimum Gasteiger partial charge on any atom is -0.504 e. The molecule has 0 unspecified atom stereocenters. The van der Waals surface area contributed by atoms with Gasteiger partial charge in [0.2, 0.25) is 0 Å². The van der Waals surface area contributed by atoms with Crippen LogP contribution in [0.4, 0.5) is 20.6 Å². The molecule has 2 aliphatic rings. The van der Waals surface area contributed by atoms with E-state index in [4.69, 9.17) is 0 Å². The van der Waals surface area contributed by atoms with Crippen molar-refractivity contribution in [3.05, 3.63) is 53.3 Å². The van der Waals surface area contributed by atoms with Crippen LogP contribution in [0.2, 0.25) is 0 Å². The summed E-state index contributed by atoms with van der Waals surface area (Å²) in [6, 6.07) is 9.86. The van der Waals surface area contributed by atoms with Crippen LogP contribution in [0.5, 0.6) is 5.75 Å². The highest BCUT2D eigenvalue weighted by Gasteiger charge is 2.23. The van der Waals surface area contributed by atoms with Crippen LogP contribution < -0.4 is 15.5 Å². The lowest BCUT2D eigenvalue weighted by molar-refractivity contribution is 0.102. The summed E-state index contributed by atoms with van der Waals surface area (Å²) in [7, 11) is 0. The SMILES string of the molecule is CC(C)(C)NC(=O)N1CCN(N=Cc2cc(C(=O)Nc3ccc(N4CCCC4)cc3)cc(F)c2O)CC1. The van der Waals surface area contributed by atoms with E-state index in [-0.39, 0.29) is 22.7 Å². The average molecular weight is 511 g/mol. The smallest absolute Gasteiger partial charge is 0.317 e. The van der Waals surface area contributed by atoms with Gasteiger partial charge in [0.25, 0.3) is 5.91 Å². The van der Waals surface area contributed by atoms with E-state index in [2.05, 4.69) is 20.6 Å². The lowest BCUT2D eigenvalue weighted by Gasteiger charge is -2.35. The molecule has 3 amide bonds. The van der Waals surface area contributed by atoms with Crippen LogP contribution in [-0.4, -0.2) is 78.0 Å². The number of amides is 3. The first-order valence-electron chi connectivity index (χ1n) is 12.6. The number of nitrogens with zero attached hydrogens (tertiary/aromatic N) is 4. The molecule has 2 fully saturated rings. The predicted molar refractivity (Wildman–Crippen MR) is 143 cm³/mol. The summed E-state index contributed by atoms with van der Waals surface area (Å²) in [6.45, 7) is 9.80. The van der Waals surface area contributed by atoms with Gasteiger partial charge in [-0.3, -0.25) is 9.80 Å². The molecule has 0 atom stereocenters. The number of halogens is 1. The summed E-state index contributed by atoms with van der Waals surface area (Å²) in [6.07, 6.45) is 3.70. The first-order chi connectivity index (χ1) is 17.6. The van der Waals surface area contributed by atoms with Crippen molar-refractivity contribution in [3.63, 3.8) is 0 Å². The number of hydrazone groups is 1.